The molecular weight excluding hydrogens is 306 g/mol. The number of amides is 1. The van der Waals surface area contributed by atoms with E-state index in [1.54, 1.807) is 0 Å². The van der Waals surface area contributed by atoms with Crippen LogP contribution in [0.3, 0.4) is 0 Å². The van der Waals surface area contributed by atoms with Crippen LogP contribution < -0.4 is 4.90 Å². The summed E-state index contributed by atoms with van der Waals surface area (Å²) in [6, 6.07) is 7.50. The number of carbonyl (C=O) groups excluding carboxylic acids is 1. The van der Waals surface area contributed by atoms with Crippen LogP contribution in [0.25, 0.3) is 11.4 Å². The highest BCUT2D eigenvalue weighted by molar-refractivity contribution is 5.94. The van der Waals surface area contributed by atoms with Crippen molar-refractivity contribution in [3.63, 3.8) is 0 Å². The molecule has 2 aromatic rings. The highest BCUT2D eigenvalue weighted by Crippen LogP contribution is 2.20. The molecule has 0 radical (unpaired) electrons. The van der Waals surface area contributed by atoms with Crippen molar-refractivity contribution in [2.75, 3.05) is 45.3 Å². The topological polar surface area (TPSA) is 63.5 Å². The molecule has 24 heavy (non-hydrogen) atoms. The number of ether oxygens (including phenoxy) is 1. The Labute approximate surface area is 141 Å². The second-order valence-corrected chi connectivity index (χ2v) is 5.93. The Morgan fingerprint density at radius 1 is 1.21 bits per heavy atom. The number of anilines is 1. The third kappa shape index (κ3) is 3.26. The SMILES string of the molecule is CCn1nc(-c2ccc(C(=O)N3CCOCC3)cc2)nc1N(C)C. The molecule has 3 rings (SSSR count). The Balaban J connectivity index is 1.80. The van der Waals surface area contributed by atoms with E-state index in [1.807, 2.05) is 59.8 Å². The first kappa shape index (κ1) is 16.4. The van der Waals surface area contributed by atoms with Gasteiger partial charge in [-0.3, -0.25) is 4.79 Å². The minimum Gasteiger partial charge on any atom is -0.378 e. The van der Waals surface area contributed by atoms with Crippen LogP contribution in [0, 0.1) is 0 Å². The van der Waals surface area contributed by atoms with Gasteiger partial charge in [-0.05, 0) is 19.1 Å². The smallest absolute Gasteiger partial charge is 0.254 e. The second kappa shape index (κ2) is 7.00. The van der Waals surface area contributed by atoms with Crippen LogP contribution in [0.1, 0.15) is 17.3 Å². The zero-order chi connectivity index (χ0) is 17.1. The summed E-state index contributed by atoms with van der Waals surface area (Å²) in [4.78, 5) is 20.8. The highest BCUT2D eigenvalue weighted by Gasteiger charge is 2.19. The molecule has 0 aliphatic carbocycles. The largest absolute Gasteiger partial charge is 0.378 e. The monoisotopic (exact) mass is 329 g/mol. The lowest BCUT2D eigenvalue weighted by atomic mass is 10.1. The van der Waals surface area contributed by atoms with Crippen molar-refractivity contribution in [1.29, 1.82) is 0 Å². The second-order valence-electron chi connectivity index (χ2n) is 5.93. The first-order valence-electron chi connectivity index (χ1n) is 8.19. The summed E-state index contributed by atoms with van der Waals surface area (Å²) in [5.74, 6) is 1.54. The van der Waals surface area contributed by atoms with E-state index in [4.69, 9.17) is 4.74 Å². The fourth-order valence-electron chi connectivity index (χ4n) is 2.71. The van der Waals surface area contributed by atoms with Crippen molar-refractivity contribution < 1.29 is 9.53 Å². The summed E-state index contributed by atoms with van der Waals surface area (Å²) in [6.07, 6.45) is 0. The maximum absolute atomic E-state index is 12.5. The van der Waals surface area contributed by atoms with Crippen molar-refractivity contribution in [3.8, 4) is 11.4 Å². The Hall–Kier alpha value is -2.41. The number of rotatable bonds is 4. The van der Waals surface area contributed by atoms with Gasteiger partial charge in [0.2, 0.25) is 5.95 Å². The quantitative estimate of drug-likeness (QED) is 0.851. The first-order chi connectivity index (χ1) is 11.6. The molecule has 7 nitrogen and oxygen atoms in total. The van der Waals surface area contributed by atoms with Crippen molar-refractivity contribution in [2.24, 2.45) is 0 Å². The molecule has 7 heteroatoms. The van der Waals surface area contributed by atoms with Crippen LogP contribution >= 0.6 is 0 Å². The molecular formula is C17H23N5O2. The molecule has 1 saturated heterocycles. The van der Waals surface area contributed by atoms with Crippen molar-refractivity contribution >= 4 is 11.9 Å². The molecule has 0 unspecified atom stereocenters. The summed E-state index contributed by atoms with van der Waals surface area (Å²) in [5, 5.41) is 4.54. The van der Waals surface area contributed by atoms with E-state index >= 15 is 0 Å². The molecule has 0 spiro atoms. The highest BCUT2D eigenvalue weighted by atomic mass is 16.5. The van der Waals surface area contributed by atoms with Crippen molar-refractivity contribution in [1.82, 2.24) is 19.7 Å². The Bertz CT molecular complexity index is 702. The lowest BCUT2D eigenvalue weighted by Crippen LogP contribution is -2.40. The number of benzene rings is 1. The molecule has 2 heterocycles. The Morgan fingerprint density at radius 3 is 2.42 bits per heavy atom. The number of hydrogen-bond acceptors (Lipinski definition) is 5. The van der Waals surface area contributed by atoms with Gasteiger partial charge in [-0.2, -0.15) is 4.98 Å². The number of aromatic nitrogens is 3. The average molecular weight is 329 g/mol. The number of morpholine rings is 1. The third-order valence-electron chi connectivity index (χ3n) is 4.04. The van der Waals surface area contributed by atoms with Gasteiger partial charge in [-0.1, -0.05) is 12.1 Å². The van der Waals surface area contributed by atoms with Gasteiger partial charge in [0.05, 0.1) is 13.2 Å². The van der Waals surface area contributed by atoms with Crippen LogP contribution in [0.15, 0.2) is 24.3 Å². The van der Waals surface area contributed by atoms with Gasteiger partial charge < -0.3 is 14.5 Å². The summed E-state index contributed by atoms with van der Waals surface area (Å²) >= 11 is 0. The van der Waals surface area contributed by atoms with Gasteiger partial charge in [0.25, 0.3) is 5.91 Å². The molecule has 128 valence electrons. The first-order valence-corrected chi connectivity index (χ1v) is 8.19. The van der Waals surface area contributed by atoms with Gasteiger partial charge in [0, 0.05) is 44.9 Å². The van der Waals surface area contributed by atoms with E-state index in [1.165, 1.54) is 0 Å². The number of aryl methyl sites for hydroxylation is 1. The molecule has 0 N–H and O–H groups in total. The van der Waals surface area contributed by atoms with Crippen LogP contribution in [-0.2, 0) is 11.3 Å². The van der Waals surface area contributed by atoms with E-state index in [-0.39, 0.29) is 5.91 Å². The number of nitrogens with zero attached hydrogens (tertiary/aromatic N) is 5. The summed E-state index contributed by atoms with van der Waals surface area (Å²) < 4.78 is 7.15. The zero-order valence-electron chi connectivity index (χ0n) is 14.4. The van der Waals surface area contributed by atoms with E-state index in [2.05, 4.69) is 10.1 Å². The standard InChI is InChI=1S/C17H23N5O2/c1-4-22-17(20(2)3)18-15(19-22)13-5-7-14(8-6-13)16(23)21-9-11-24-12-10-21/h5-8H,4,9-12H2,1-3H3. The fraction of sp³-hybridized carbons (Fsp3) is 0.471. The number of hydrogen-bond donors (Lipinski definition) is 0. The van der Waals surface area contributed by atoms with Gasteiger partial charge in [-0.25, -0.2) is 4.68 Å². The van der Waals surface area contributed by atoms with Crippen molar-refractivity contribution in [2.45, 2.75) is 13.5 Å². The fourth-order valence-corrected chi connectivity index (χ4v) is 2.71. The molecule has 1 aromatic heterocycles. The van der Waals surface area contributed by atoms with E-state index in [9.17, 15) is 4.79 Å². The third-order valence-corrected chi connectivity index (χ3v) is 4.04. The lowest BCUT2D eigenvalue weighted by molar-refractivity contribution is 0.0303. The molecule has 1 fully saturated rings. The summed E-state index contributed by atoms with van der Waals surface area (Å²) in [6.45, 7) is 5.30. The maximum Gasteiger partial charge on any atom is 0.254 e. The van der Waals surface area contributed by atoms with Gasteiger partial charge in [-0.15, -0.1) is 5.10 Å². The van der Waals surface area contributed by atoms with E-state index in [0.29, 0.717) is 37.7 Å². The summed E-state index contributed by atoms with van der Waals surface area (Å²) in [7, 11) is 3.90. The average Bonchev–Trinajstić information content (AvgIpc) is 3.07. The van der Waals surface area contributed by atoms with Crippen LogP contribution in [0.2, 0.25) is 0 Å². The van der Waals surface area contributed by atoms with Gasteiger partial charge in [0.15, 0.2) is 5.82 Å². The van der Waals surface area contributed by atoms with E-state index in [0.717, 1.165) is 18.1 Å². The predicted molar refractivity (Wildman–Crippen MR) is 92.2 cm³/mol. The van der Waals surface area contributed by atoms with Gasteiger partial charge in [0.1, 0.15) is 0 Å². The molecule has 0 bridgehead atoms. The normalized spacial score (nSPS) is 14.7. The van der Waals surface area contributed by atoms with E-state index < -0.39 is 0 Å². The maximum atomic E-state index is 12.5. The summed E-state index contributed by atoms with van der Waals surface area (Å²) in [5.41, 5.74) is 1.59. The zero-order valence-corrected chi connectivity index (χ0v) is 14.4. The molecule has 1 aliphatic rings. The minimum atomic E-state index is 0.0471. The number of carbonyl (C=O) groups is 1. The van der Waals surface area contributed by atoms with Crippen LogP contribution in [0.4, 0.5) is 5.95 Å². The predicted octanol–water partition coefficient (Wildman–Crippen LogP) is 1.50. The molecule has 1 aromatic carbocycles. The van der Waals surface area contributed by atoms with Crippen molar-refractivity contribution in [3.05, 3.63) is 29.8 Å². The van der Waals surface area contributed by atoms with Gasteiger partial charge >= 0.3 is 0 Å². The lowest BCUT2D eigenvalue weighted by Gasteiger charge is -2.26. The Kier molecular flexibility index (Phi) is 4.80. The van der Waals surface area contributed by atoms with Crippen LogP contribution in [-0.4, -0.2) is 66.0 Å². The molecule has 0 saturated carbocycles. The molecule has 1 amide bonds. The molecule has 1 aliphatic heterocycles. The molecule has 0 atom stereocenters. The van der Waals surface area contributed by atoms with Crippen LogP contribution in [0.5, 0.6) is 0 Å². The minimum absolute atomic E-state index is 0.0471. The Morgan fingerprint density at radius 2 is 1.88 bits per heavy atom.